The molecular weight excluding hydrogens is 1140 g/mol. The van der Waals surface area contributed by atoms with E-state index in [1.165, 1.54) is 0 Å². The first-order valence-electron chi connectivity index (χ1n) is 18.4. The molecular formula is C46H40Br6O7. The molecule has 0 saturated heterocycles. The van der Waals surface area contributed by atoms with Gasteiger partial charge in [0.1, 0.15) is 74.1 Å². The van der Waals surface area contributed by atoms with E-state index < -0.39 is 10.8 Å². The molecule has 0 atom stereocenters. The van der Waals surface area contributed by atoms with Crippen LogP contribution >= 0.6 is 95.6 Å². The molecule has 0 heterocycles. The summed E-state index contributed by atoms with van der Waals surface area (Å²) in [7, 11) is 0. The maximum atomic E-state index is 6.88. The van der Waals surface area contributed by atoms with Gasteiger partial charge < -0.3 is 33.2 Å². The average molecular weight is 1180 g/mol. The lowest BCUT2D eigenvalue weighted by Crippen LogP contribution is -2.48. The van der Waals surface area contributed by atoms with Gasteiger partial charge in [0.15, 0.2) is 0 Å². The van der Waals surface area contributed by atoms with Crippen LogP contribution in [0.5, 0.6) is 34.5 Å². The van der Waals surface area contributed by atoms with Gasteiger partial charge in [-0.15, -0.1) is 0 Å². The molecule has 59 heavy (non-hydrogen) atoms. The van der Waals surface area contributed by atoms with Crippen LogP contribution in [0.4, 0.5) is 0 Å². The van der Waals surface area contributed by atoms with Crippen LogP contribution in [0.1, 0.15) is 0 Å². The molecule has 6 aromatic carbocycles. The monoisotopic (exact) mass is 1180 g/mol. The van der Waals surface area contributed by atoms with Gasteiger partial charge in [-0.1, -0.05) is 95.6 Å². The Morgan fingerprint density at radius 2 is 0.390 bits per heavy atom. The molecule has 0 unspecified atom stereocenters. The Hall–Kier alpha value is -3.04. The average Bonchev–Trinajstić information content (AvgIpc) is 3.25. The Morgan fingerprint density at radius 1 is 0.237 bits per heavy atom. The Morgan fingerprint density at radius 3 is 0.542 bits per heavy atom. The third-order valence-electron chi connectivity index (χ3n) is 8.97. The van der Waals surface area contributed by atoms with Gasteiger partial charge in [0.25, 0.3) is 0 Å². The van der Waals surface area contributed by atoms with Crippen LogP contribution in [0.3, 0.4) is 0 Å². The first-order valence-corrected chi connectivity index (χ1v) is 23.2. The largest absolute Gasteiger partial charge is 0.493 e. The van der Waals surface area contributed by atoms with Crippen molar-refractivity contribution in [1.29, 1.82) is 0 Å². The van der Waals surface area contributed by atoms with Crippen molar-refractivity contribution in [2.75, 3.05) is 52.9 Å². The van der Waals surface area contributed by atoms with Crippen LogP contribution in [0.25, 0.3) is 0 Å². The van der Waals surface area contributed by atoms with Gasteiger partial charge in [0.2, 0.25) is 0 Å². The SMILES string of the molecule is Brc1ccc(OCC(COCC(COc2ccc(Br)cc2)(COc2ccc(Br)cc2)COc2ccc(Br)cc2)(COc2ccc(Br)cc2)COc2ccc(Br)cc2)cc1. The van der Waals surface area contributed by atoms with Gasteiger partial charge in [0.05, 0.1) is 24.0 Å². The van der Waals surface area contributed by atoms with Crippen molar-refractivity contribution in [2.24, 2.45) is 10.8 Å². The zero-order chi connectivity index (χ0) is 41.5. The van der Waals surface area contributed by atoms with Gasteiger partial charge in [-0.25, -0.2) is 0 Å². The topological polar surface area (TPSA) is 64.6 Å². The summed E-state index contributed by atoms with van der Waals surface area (Å²) in [6.07, 6.45) is 0. The zero-order valence-corrected chi connectivity index (χ0v) is 41.2. The van der Waals surface area contributed by atoms with Crippen molar-refractivity contribution in [3.05, 3.63) is 172 Å². The summed E-state index contributed by atoms with van der Waals surface area (Å²) in [5.74, 6) is 4.21. The van der Waals surface area contributed by atoms with Crippen LogP contribution in [-0.4, -0.2) is 52.9 Å². The van der Waals surface area contributed by atoms with Gasteiger partial charge >= 0.3 is 0 Å². The standard InChI is InChI=1S/C46H40Br6O7/c47-33-1-13-39(14-2-33)54-27-45(28-55-40-15-3-34(48)4-16-40,29-56-41-17-5-35(49)6-18-41)25-53-26-46(30-57-42-19-7-36(50)8-20-42,31-58-43-21-9-37(51)10-22-43)32-59-44-23-11-38(52)12-24-44/h1-24H,25-32H2. The maximum Gasteiger partial charge on any atom is 0.119 e. The quantitative estimate of drug-likeness (QED) is 0.0671. The van der Waals surface area contributed by atoms with Crippen molar-refractivity contribution in [3.63, 3.8) is 0 Å². The first kappa shape index (κ1) is 45.5. The van der Waals surface area contributed by atoms with E-state index in [0.717, 1.165) is 26.8 Å². The van der Waals surface area contributed by atoms with E-state index in [0.29, 0.717) is 34.5 Å². The number of rotatable bonds is 22. The minimum atomic E-state index is -0.815. The molecule has 308 valence electrons. The molecule has 0 aliphatic carbocycles. The van der Waals surface area contributed by atoms with Crippen molar-refractivity contribution in [1.82, 2.24) is 0 Å². The molecule has 0 aromatic heterocycles. The normalized spacial score (nSPS) is 11.5. The predicted octanol–water partition coefficient (Wildman–Crippen LogP) is 14.0. The van der Waals surface area contributed by atoms with Crippen LogP contribution < -0.4 is 28.4 Å². The van der Waals surface area contributed by atoms with E-state index in [1.54, 1.807) is 0 Å². The highest BCUT2D eigenvalue weighted by Gasteiger charge is 2.39. The minimum Gasteiger partial charge on any atom is -0.493 e. The number of hydrogen-bond donors (Lipinski definition) is 0. The lowest BCUT2D eigenvalue weighted by atomic mass is 9.90. The Labute approximate surface area is 395 Å². The molecule has 0 fully saturated rings. The lowest BCUT2D eigenvalue weighted by molar-refractivity contribution is -0.0870. The maximum absolute atomic E-state index is 6.88. The smallest absolute Gasteiger partial charge is 0.119 e. The third-order valence-corrected chi connectivity index (χ3v) is 12.1. The van der Waals surface area contributed by atoms with Crippen LogP contribution in [-0.2, 0) is 4.74 Å². The van der Waals surface area contributed by atoms with Gasteiger partial charge in [-0.2, -0.15) is 0 Å². The zero-order valence-electron chi connectivity index (χ0n) is 31.6. The van der Waals surface area contributed by atoms with Crippen LogP contribution in [0, 0.1) is 10.8 Å². The predicted molar refractivity (Wildman–Crippen MR) is 254 cm³/mol. The fourth-order valence-corrected chi connectivity index (χ4v) is 7.17. The van der Waals surface area contributed by atoms with Crippen LogP contribution in [0.2, 0.25) is 0 Å². The van der Waals surface area contributed by atoms with Crippen molar-refractivity contribution < 1.29 is 33.2 Å². The van der Waals surface area contributed by atoms with E-state index in [4.69, 9.17) is 33.2 Å². The minimum absolute atomic E-state index is 0.188. The summed E-state index contributed by atoms with van der Waals surface area (Å²) in [6, 6.07) is 46.4. The second kappa shape index (κ2) is 22.7. The molecule has 6 aromatic rings. The van der Waals surface area contributed by atoms with Gasteiger partial charge in [0, 0.05) is 26.8 Å². The molecule has 7 nitrogen and oxygen atoms in total. The van der Waals surface area contributed by atoms with Crippen molar-refractivity contribution in [3.8, 4) is 34.5 Å². The van der Waals surface area contributed by atoms with E-state index in [9.17, 15) is 0 Å². The molecule has 0 saturated carbocycles. The van der Waals surface area contributed by atoms with Crippen molar-refractivity contribution >= 4 is 95.6 Å². The van der Waals surface area contributed by atoms with E-state index in [1.807, 2.05) is 146 Å². The second-order valence-electron chi connectivity index (χ2n) is 13.9. The highest BCUT2D eigenvalue weighted by atomic mass is 79.9. The summed E-state index contributed by atoms with van der Waals surface area (Å²) < 4.78 is 51.6. The molecule has 0 aliphatic heterocycles. The number of benzene rings is 6. The summed E-state index contributed by atoms with van der Waals surface area (Å²) in [6.45, 7) is 1.68. The number of hydrogen-bond acceptors (Lipinski definition) is 7. The molecule has 0 aliphatic rings. The Bertz CT molecular complexity index is 1760. The summed E-state index contributed by atoms with van der Waals surface area (Å²) in [4.78, 5) is 0. The summed E-state index contributed by atoms with van der Waals surface area (Å²) >= 11 is 21.2. The van der Waals surface area contributed by atoms with E-state index in [2.05, 4.69) is 95.6 Å². The summed E-state index contributed by atoms with van der Waals surface area (Å²) in [5, 5.41) is 0. The Kier molecular flexibility index (Phi) is 17.5. The highest BCUT2D eigenvalue weighted by Crippen LogP contribution is 2.31. The fourth-order valence-electron chi connectivity index (χ4n) is 5.59. The molecule has 0 radical (unpaired) electrons. The van der Waals surface area contributed by atoms with Gasteiger partial charge in [-0.05, 0) is 146 Å². The third kappa shape index (κ3) is 15.1. The fraction of sp³-hybridized carbons (Fsp3) is 0.217. The van der Waals surface area contributed by atoms with Gasteiger partial charge in [-0.3, -0.25) is 0 Å². The van der Waals surface area contributed by atoms with E-state index in [-0.39, 0.29) is 52.9 Å². The lowest BCUT2D eigenvalue weighted by Gasteiger charge is -2.36. The van der Waals surface area contributed by atoms with E-state index >= 15 is 0 Å². The molecule has 13 heteroatoms. The first-order chi connectivity index (χ1) is 28.5. The van der Waals surface area contributed by atoms with Crippen molar-refractivity contribution in [2.45, 2.75) is 0 Å². The molecule has 0 N–H and O–H groups in total. The number of ether oxygens (including phenoxy) is 7. The number of halogens is 6. The van der Waals surface area contributed by atoms with Crippen LogP contribution in [0.15, 0.2) is 172 Å². The highest BCUT2D eigenvalue weighted by molar-refractivity contribution is 9.11. The molecule has 0 amide bonds. The molecule has 0 bridgehead atoms. The Balaban J connectivity index is 1.32. The summed E-state index contributed by atoms with van der Waals surface area (Å²) in [5.41, 5.74) is -1.63. The molecule has 6 rings (SSSR count). The molecule has 0 spiro atoms. The second-order valence-corrected chi connectivity index (χ2v) is 19.4.